The molecule has 1 amide bonds. The Balaban J connectivity index is 1.43. The number of hydrogen-bond acceptors (Lipinski definition) is 6. The van der Waals surface area contributed by atoms with Gasteiger partial charge in [0.05, 0.1) is 11.9 Å². The highest BCUT2D eigenvalue weighted by Gasteiger charge is 2.45. The highest BCUT2D eigenvalue weighted by molar-refractivity contribution is 6.03. The van der Waals surface area contributed by atoms with Crippen LogP contribution in [0.3, 0.4) is 0 Å². The first-order valence-corrected chi connectivity index (χ1v) is 10.2. The fourth-order valence-corrected chi connectivity index (χ4v) is 4.25. The molecule has 1 aliphatic heterocycles. The predicted octanol–water partition coefficient (Wildman–Crippen LogP) is 3.05. The van der Waals surface area contributed by atoms with Crippen LogP contribution in [-0.4, -0.2) is 44.7 Å². The van der Waals surface area contributed by atoms with Crippen molar-refractivity contribution in [1.29, 1.82) is 0 Å². The zero-order valence-corrected chi connectivity index (χ0v) is 17.6. The molecule has 0 bridgehead atoms. The maximum atomic E-state index is 13.0. The number of fused-ring (bicyclic) bond motifs is 1. The van der Waals surface area contributed by atoms with E-state index < -0.39 is 5.92 Å². The van der Waals surface area contributed by atoms with Crippen molar-refractivity contribution in [3.63, 3.8) is 0 Å². The topological polar surface area (TPSA) is 88.0 Å². The molecule has 1 saturated carbocycles. The molecule has 3 heterocycles. The van der Waals surface area contributed by atoms with E-state index in [9.17, 15) is 13.6 Å². The Hall–Kier alpha value is -2.78. The van der Waals surface area contributed by atoms with Gasteiger partial charge in [-0.25, -0.2) is 13.8 Å². The molecule has 2 aliphatic rings. The number of nitrogens with one attached hydrogen (secondary N) is 2. The van der Waals surface area contributed by atoms with Crippen LogP contribution in [0.4, 0.5) is 26.2 Å². The van der Waals surface area contributed by atoms with Gasteiger partial charge in [0.1, 0.15) is 11.7 Å². The lowest BCUT2D eigenvalue weighted by Crippen LogP contribution is -2.49. The van der Waals surface area contributed by atoms with Gasteiger partial charge < -0.3 is 15.5 Å². The monoisotopic (exact) mass is 419 g/mol. The molecule has 0 saturated heterocycles. The van der Waals surface area contributed by atoms with Crippen LogP contribution in [-0.2, 0) is 17.9 Å². The number of nitrogens with zero attached hydrogens (tertiary/aromatic N) is 5. The summed E-state index contributed by atoms with van der Waals surface area (Å²) in [6.07, 6.45) is 3.44. The summed E-state index contributed by atoms with van der Waals surface area (Å²) in [6, 6.07) is -0.295. The molecule has 162 valence electrons. The first-order valence-electron chi connectivity index (χ1n) is 10.2. The Bertz CT molecular complexity index is 951. The van der Waals surface area contributed by atoms with Crippen molar-refractivity contribution >= 4 is 23.4 Å². The summed E-state index contributed by atoms with van der Waals surface area (Å²) >= 11 is 0. The number of alkyl halides is 2. The molecule has 0 radical (unpaired) electrons. The normalized spacial score (nSPS) is 20.7. The summed E-state index contributed by atoms with van der Waals surface area (Å²) in [6.45, 7) is 6.80. The first kappa shape index (κ1) is 20.5. The molecular weight excluding hydrogens is 392 g/mol. The van der Waals surface area contributed by atoms with Gasteiger partial charge in [-0.1, -0.05) is 13.8 Å². The van der Waals surface area contributed by atoms with Crippen molar-refractivity contribution < 1.29 is 13.6 Å². The maximum absolute atomic E-state index is 13.0. The van der Waals surface area contributed by atoms with Crippen molar-refractivity contribution in [3.8, 4) is 0 Å². The van der Waals surface area contributed by atoms with Gasteiger partial charge in [0.2, 0.25) is 17.8 Å². The van der Waals surface area contributed by atoms with Gasteiger partial charge in [0.15, 0.2) is 5.82 Å². The standard InChI is InChI=1S/C20H27F2N7O/c1-11(2)16-18(30)26-15-12(3)25-19(27-17(15)28(16)4)23-7-14-8-24-29(10-14)9-13-5-20(21,22)6-13/h8,10-11,13,16H,5-7,9H2,1-4H3,(H,26,30)(H,23,25,27). The summed E-state index contributed by atoms with van der Waals surface area (Å²) in [4.78, 5) is 23.4. The number of rotatable bonds is 6. The van der Waals surface area contributed by atoms with Crippen LogP contribution in [0.5, 0.6) is 0 Å². The first-order chi connectivity index (χ1) is 14.1. The average Bonchev–Trinajstić information content (AvgIpc) is 3.07. The fourth-order valence-electron chi connectivity index (χ4n) is 4.25. The Morgan fingerprint density at radius 2 is 2.07 bits per heavy atom. The van der Waals surface area contributed by atoms with E-state index in [1.165, 1.54) is 0 Å². The van der Waals surface area contributed by atoms with Gasteiger partial charge in [0.25, 0.3) is 0 Å². The molecule has 1 unspecified atom stereocenters. The summed E-state index contributed by atoms with van der Waals surface area (Å²) in [5, 5.41) is 10.4. The van der Waals surface area contributed by atoms with E-state index in [1.54, 1.807) is 10.9 Å². The molecule has 2 aromatic heterocycles. The van der Waals surface area contributed by atoms with Crippen LogP contribution in [0, 0.1) is 18.8 Å². The minimum atomic E-state index is -2.51. The van der Waals surface area contributed by atoms with Gasteiger partial charge in [-0.05, 0) is 18.8 Å². The molecular formula is C20H27F2N7O. The predicted molar refractivity (Wildman–Crippen MR) is 110 cm³/mol. The van der Waals surface area contributed by atoms with Gasteiger partial charge in [-0.2, -0.15) is 10.1 Å². The van der Waals surface area contributed by atoms with E-state index in [1.807, 2.05) is 38.9 Å². The van der Waals surface area contributed by atoms with E-state index in [0.29, 0.717) is 36.2 Å². The molecule has 2 aromatic rings. The minimum absolute atomic E-state index is 0.0213. The second-order valence-corrected chi connectivity index (χ2v) is 8.67. The SMILES string of the molecule is Cc1nc(NCc2cnn(CC3CC(F)(F)C3)c2)nc2c1NC(=O)C(C(C)C)N2C. The number of anilines is 3. The number of likely N-dealkylation sites (N-methyl/N-ethyl adjacent to an activating group) is 1. The van der Waals surface area contributed by atoms with Crippen LogP contribution in [0.25, 0.3) is 0 Å². The van der Waals surface area contributed by atoms with Crippen molar-refractivity contribution in [1.82, 2.24) is 19.7 Å². The quantitative estimate of drug-likeness (QED) is 0.748. The van der Waals surface area contributed by atoms with Crippen LogP contribution in [0.1, 0.15) is 37.9 Å². The Kier molecular flexibility index (Phi) is 5.11. The van der Waals surface area contributed by atoms with Gasteiger partial charge in [0, 0.05) is 44.7 Å². The third kappa shape index (κ3) is 3.95. The molecule has 1 atom stereocenters. The van der Waals surface area contributed by atoms with E-state index in [2.05, 4.69) is 25.7 Å². The molecule has 4 rings (SSSR count). The number of halogens is 2. The lowest BCUT2D eigenvalue weighted by Gasteiger charge is -2.36. The second-order valence-electron chi connectivity index (χ2n) is 8.67. The molecule has 1 aliphatic carbocycles. The second kappa shape index (κ2) is 7.48. The largest absolute Gasteiger partial charge is 0.350 e. The van der Waals surface area contributed by atoms with Crippen LogP contribution in [0.2, 0.25) is 0 Å². The molecule has 0 aromatic carbocycles. The zero-order valence-electron chi connectivity index (χ0n) is 17.6. The maximum Gasteiger partial charge on any atom is 0.248 e. The molecule has 10 heteroatoms. The van der Waals surface area contributed by atoms with Crippen LogP contribution in [0.15, 0.2) is 12.4 Å². The third-order valence-electron chi connectivity index (χ3n) is 5.73. The van der Waals surface area contributed by atoms with Gasteiger partial charge >= 0.3 is 0 Å². The highest BCUT2D eigenvalue weighted by Crippen LogP contribution is 2.43. The minimum Gasteiger partial charge on any atom is -0.350 e. The number of carbonyl (C=O) groups excluding carboxylic acids is 1. The lowest BCUT2D eigenvalue weighted by atomic mass is 9.81. The zero-order chi connectivity index (χ0) is 21.6. The number of carbonyl (C=O) groups is 1. The molecule has 2 N–H and O–H groups in total. The van der Waals surface area contributed by atoms with E-state index in [0.717, 1.165) is 5.56 Å². The van der Waals surface area contributed by atoms with Crippen molar-refractivity contribution in [2.45, 2.75) is 58.7 Å². The van der Waals surface area contributed by atoms with Gasteiger partial charge in [-0.15, -0.1) is 0 Å². The third-order valence-corrected chi connectivity index (χ3v) is 5.73. The summed E-state index contributed by atoms with van der Waals surface area (Å²) < 4.78 is 27.7. The number of aryl methyl sites for hydroxylation is 1. The Morgan fingerprint density at radius 1 is 1.33 bits per heavy atom. The summed E-state index contributed by atoms with van der Waals surface area (Å²) in [5.74, 6) is -1.30. The Morgan fingerprint density at radius 3 is 2.73 bits per heavy atom. The highest BCUT2D eigenvalue weighted by atomic mass is 19.3. The fraction of sp³-hybridized carbons (Fsp3) is 0.600. The van der Waals surface area contributed by atoms with E-state index in [4.69, 9.17) is 0 Å². The van der Waals surface area contributed by atoms with E-state index in [-0.39, 0.29) is 36.6 Å². The van der Waals surface area contributed by atoms with Crippen LogP contribution >= 0.6 is 0 Å². The summed E-state index contributed by atoms with van der Waals surface area (Å²) in [5.41, 5.74) is 2.24. The van der Waals surface area contributed by atoms with Crippen molar-refractivity contribution in [3.05, 3.63) is 23.7 Å². The van der Waals surface area contributed by atoms with Crippen LogP contribution < -0.4 is 15.5 Å². The summed E-state index contributed by atoms with van der Waals surface area (Å²) in [7, 11) is 1.87. The molecule has 0 spiro atoms. The Labute approximate surface area is 174 Å². The lowest BCUT2D eigenvalue weighted by molar-refractivity contribution is -0.118. The molecule has 30 heavy (non-hydrogen) atoms. The number of aromatic nitrogens is 4. The number of amides is 1. The smallest absolute Gasteiger partial charge is 0.248 e. The van der Waals surface area contributed by atoms with Crippen molar-refractivity contribution in [2.24, 2.45) is 11.8 Å². The van der Waals surface area contributed by atoms with E-state index >= 15 is 0 Å². The average molecular weight is 419 g/mol. The van der Waals surface area contributed by atoms with Crippen molar-refractivity contribution in [2.75, 3.05) is 22.6 Å². The van der Waals surface area contributed by atoms with Gasteiger partial charge in [-0.3, -0.25) is 9.48 Å². The number of hydrogen-bond donors (Lipinski definition) is 2. The molecule has 8 nitrogen and oxygen atoms in total. The molecule has 1 fully saturated rings.